The van der Waals surface area contributed by atoms with Crippen molar-refractivity contribution in [2.24, 2.45) is 0 Å². The summed E-state index contributed by atoms with van der Waals surface area (Å²) in [6.07, 6.45) is 0. The number of hydrogen-bond donors (Lipinski definition) is 2. The van der Waals surface area contributed by atoms with Crippen molar-refractivity contribution >= 4 is 33.2 Å². The van der Waals surface area contributed by atoms with Crippen LogP contribution in [0.5, 0.6) is 5.75 Å². The number of ether oxygens (including phenoxy) is 1. The fraction of sp³-hybridized carbons (Fsp3) is 0.133. The van der Waals surface area contributed by atoms with Crippen molar-refractivity contribution in [1.29, 1.82) is 0 Å². The van der Waals surface area contributed by atoms with Crippen LogP contribution in [0, 0.1) is 0 Å². The molecule has 2 aromatic rings. The quantitative estimate of drug-likeness (QED) is 0.879. The Labute approximate surface area is 126 Å². The van der Waals surface area contributed by atoms with Crippen LogP contribution < -0.4 is 15.4 Å². The van der Waals surface area contributed by atoms with E-state index in [2.05, 4.69) is 26.6 Å². The Morgan fingerprint density at radius 1 is 1.15 bits per heavy atom. The smallest absolute Gasteiger partial charge is 0.262 e. The third-order valence-corrected chi connectivity index (χ3v) is 3.11. The maximum atomic E-state index is 11.8. The molecule has 0 heterocycles. The number of amides is 1. The first-order valence-corrected chi connectivity index (χ1v) is 6.93. The minimum Gasteiger partial charge on any atom is -0.484 e. The van der Waals surface area contributed by atoms with E-state index in [0.717, 1.165) is 15.8 Å². The molecule has 0 bridgehead atoms. The maximum Gasteiger partial charge on any atom is 0.262 e. The first-order chi connectivity index (χ1) is 9.67. The lowest BCUT2D eigenvalue weighted by Gasteiger charge is -2.08. The van der Waals surface area contributed by atoms with Crippen molar-refractivity contribution in [2.75, 3.05) is 24.3 Å². The molecule has 0 aliphatic carbocycles. The molecule has 20 heavy (non-hydrogen) atoms. The predicted molar refractivity (Wildman–Crippen MR) is 84.3 cm³/mol. The van der Waals surface area contributed by atoms with Crippen LogP contribution in [0.3, 0.4) is 0 Å². The van der Waals surface area contributed by atoms with E-state index in [1.807, 2.05) is 55.6 Å². The molecule has 0 spiro atoms. The summed E-state index contributed by atoms with van der Waals surface area (Å²) in [6, 6.07) is 14.8. The van der Waals surface area contributed by atoms with Gasteiger partial charge in [0.2, 0.25) is 0 Å². The maximum absolute atomic E-state index is 11.8. The minimum absolute atomic E-state index is 0.0224. The Balaban J connectivity index is 1.85. The molecular weight excluding hydrogens is 320 g/mol. The molecule has 0 atom stereocenters. The van der Waals surface area contributed by atoms with Gasteiger partial charge in [0.1, 0.15) is 5.75 Å². The first kappa shape index (κ1) is 14.4. The van der Waals surface area contributed by atoms with Gasteiger partial charge in [0.05, 0.1) is 0 Å². The number of anilines is 2. The van der Waals surface area contributed by atoms with Crippen LogP contribution >= 0.6 is 15.9 Å². The van der Waals surface area contributed by atoms with Gasteiger partial charge in [-0.3, -0.25) is 4.79 Å². The van der Waals surface area contributed by atoms with Crippen LogP contribution in [0.4, 0.5) is 11.4 Å². The van der Waals surface area contributed by atoms with Gasteiger partial charge in [-0.05, 0) is 42.5 Å². The zero-order chi connectivity index (χ0) is 14.4. The lowest BCUT2D eigenvalue weighted by Crippen LogP contribution is -2.20. The summed E-state index contributed by atoms with van der Waals surface area (Å²) in [5.74, 6) is 0.467. The highest BCUT2D eigenvalue weighted by Crippen LogP contribution is 2.17. The third kappa shape index (κ3) is 4.28. The van der Waals surface area contributed by atoms with Gasteiger partial charge in [-0.15, -0.1) is 0 Å². The van der Waals surface area contributed by atoms with E-state index in [1.165, 1.54) is 0 Å². The van der Waals surface area contributed by atoms with E-state index in [1.54, 1.807) is 0 Å². The summed E-state index contributed by atoms with van der Waals surface area (Å²) in [5.41, 5.74) is 1.73. The highest BCUT2D eigenvalue weighted by Gasteiger charge is 2.04. The predicted octanol–water partition coefficient (Wildman–Crippen LogP) is 3.51. The zero-order valence-corrected chi connectivity index (χ0v) is 12.6. The molecule has 5 heteroatoms. The average molecular weight is 335 g/mol. The van der Waals surface area contributed by atoms with E-state index in [-0.39, 0.29) is 12.5 Å². The summed E-state index contributed by atoms with van der Waals surface area (Å²) >= 11 is 3.35. The van der Waals surface area contributed by atoms with Gasteiger partial charge in [0.15, 0.2) is 6.61 Å². The molecule has 1 amide bonds. The van der Waals surface area contributed by atoms with Crippen molar-refractivity contribution in [3.05, 3.63) is 53.0 Å². The molecule has 0 fully saturated rings. The summed E-state index contributed by atoms with van der Waals surface area (Å²) in [4.78, 5) is 11.8. The van der Waals surface area contributed by atoms with Gasteiger partial charge in [-0.1, -0.05) is 22.0 Å². The topological polar surface area (TPSA) is 50.4 Å². The molecule has 0 saturated heterocycles. The number of rotatable bonds is 5. The van der Waals surface area contributed by atoms with Gasteiger partial charge in [-0.2, -0.15) is 0 Å². The molecular formula is C15H15BrN2O2. The van der Waals surface area contributed by atoms with Gasteiger partial charge >= 0.3 is 0 Å². The van der Waals surface area contributed by atoms with E-state index < -0.39 is 0 Å². The Morgan fingerprint density at radius 3 is 2.55 bits per heavy atom. The second-order valence-electron chi connectivity index (χ2n) is 4.12. The zero-order valence-electron chi connectivity index (χ0n) is 11.0. The molecule has 0 aliphatic heterocycles. The van der Waals surface area contributed by atoms with Gasteiger partial charge in [-0.25, -0.2) is 0 Å². The van der Waals surface area contributed by atoms with Crippen molar-refractivity contribution in [1.82, 2.24) is 0 Å². The molecule has 0 radical (unpaired) electrons. The summed E-state index contributed by atoms with van der Waals surface area (Å²) in [5, 5.41) is 5.79. The van der Waals surface area contributed by atoms with E-state index >= 15 is 0 Å². The van der Waals surface area contributed by atoms with Crippen LogP contribution in [-0.4, -0.2) is 19.6 Å². The summed E-state index contributed by atoms with van der Waals surface area (Å²) in [6.45, 7) is -0.0224. The van der Waals surface area contributed by atoms with Crippen molar-refractivity contribution in [2.45, 2.75) is 0 Å². The Hall–Kier alpha value is -2.01. The van der Waals surface area contributed by atoms with Crippen LogP contribution in [0.25, 0.3) is 0 Å². The van der Waals surface area contributed by atoms with Crippen molar-refractivity contribution in [3.63, 3.8) is 0 Å². The molecule has 0 saturated carbocycles. The van der Waals surface area contributed by atoms with E-state index in [9.17, 15) is 4.79 Å². The molecule has 0 aliphatic rings. The number of benzene rings is 2. The van der Waals surface area contributed by atoms with Crippen LogP contribution in [-0.2, 0) is 4.79 Å². The van der Waals surface area contributed by atoms with Crippen LogP contribution in [0.1, 0.15) is 0 Å². The van der Waals surface area contributed by atoms with Crippen LogP contribution in [0.15, 0.2) is 53.0 Å². The SMILES string of the molecule is CNc1ccc(OCC(=O)Nc2cccc(Br)c2)cc1. The molecule has 104 valence electrons. The molecule has 2 aromatic carbocycles. The Kier molecular flexibility index (Phi) is 5.01. The second-order valence-corrected chi connectivity index (χ2v) is 5.04. The van der Waals surface area contributed by atoms with E-state index in [0.29, 0.717) is 5.75 Å². The van der Waals surface area contributed by atoms with Crippen LogP contribution in [0.2, 0.25) is 0 Å². The van der Waals surface area contributed by atoms with Gasteiger partial charge < -0.3 is 15.4 Å². The van der Waals surface area contributed by atoms with Gasteiger partial charge in [0, 0.05) is 22.9 Å². The molecule has 2 rings (SSSR count). The number of hydrogen-bond acceptors (Lipinski definition) is 3. The van der Waals surface area contributed by atoms with Crippen molar-refractivity contribution < 1.29 is 9.53 Å². The molecule has 2 N–H and O–H groups in total. The Morgan fingerprint density at radius 2 is 1.90 bits per heavy atom. The standard InChI is InChI=1S/C15H15BrN2O2/c1-17-12-5-7-14(8-6-12)20-10-15(19)18-13-4-2-3-11(16)9-13/h2-9,17H,10H2,1H3,(H,18,19). The summed E-state index contributed by atoms with van der Waals surface area (Å²) < 4.78 is 6.33. The lowest BCUT2D eigenvalue weighted by molar-refractivity contribution is -0.118. The monoisotopic (exact) mass is 334 g/mol. The highest BCUT2D eigenvalue weighted by atomic mass is 79.9. The highest BCUT2D eigenvalue weighted by molar-refractivity contribution is 9.10. The third-order valence-electron chi connectivity index (χ3n) is 2.62. The Bertz CT molecular complexity index is 585. The largest absolute Gasteiger partial charge is 0.484 e. The van der Waals surface area contributed by atoms with E-state index in [4.69, 9.17) is 4.74 Å². The molecule has 0 aromatic heterocycles. The average Bonchev–Trinajstić information content (AvgIpc) is 2.46. The first-order valence-electron chi connectivity index (χ1n) is 6.13. The number of halogens is 1. The fourth-order valence-electron chi connectivity index (χ4n) is 1.63. The lowest BCUT2D eigenvalue weighted by atomic mass is 10.3. The second kappa shape index (κ2) is 6.96. The minimum atomic E-state index is -0.194. The number of nitrogens with one attached hydrogen (secondary N) is 2. The van der Waals surface area contributed by atoms with Crippen molar-refractivity contribution in [3.8, 4) is 5.75 Å². The fourth-order valence-corrected chi connectivity index (χ4v) is 2.03. The number of carbonyl (C=O) groups excluding carboxylic acids is 1. The summed E-state index contributed by atoms with van der Waals surface area (Å²) in [7, 11) is 1.85. The van der Waals surface area contributed by atoms with Gasteiger partial charge in [0.25, 0.3) is 5.91 Å². The number of carbonyl (C=O) groups is 1. The molecule has 4 nitrogen and oxygen atoms in total. The molecule has 0 unspecified atom stereocenters. The normalized spacial score (nSPS) is 9.90.